The second kappa shape index (κ2) is 6.56. The third-order valence-corrected chi connectivity index (χ3v) is 2.51. The van der Waals surface area contributed by atoms with Crippen molar-refractivity contribution >= 4 is 11.8 Å². The van der Waals surface area contributed by atoms with Gasteiger partial charge in [-0.3, -0.25) is 0 Å². The van der Waals surface area contributed by atoms with Gasteiger partial charge >= 0.3 is 5.51 Å². The zero-order valence-corrected chi connectivity index (χ0v) is 9.29. The highest BCUT2D eigenvalue weighted by atomic mass is 32.2. The topological polar surface area (TPSA) is 20.2 Å². The van der Waals surface area contributed by atoms with E-state index in [0.29, 0.717) is 25.2 Å². The molecule has 0 spiro atoms. The molecular weight excluding hydrogens is 213 g/mol. The van der Waals surface area contributed by atoms with Gasteiger partial charge in [-0.05, 0) is 25.2 Å². The lowest BCUT2D eigenvalue weighted by molar-refractivity contribution is -0.0328. The van der Waals surface area contributed by atoms with Crippen molar-refractivity contribution < 1.29 is 18.3 Å². The minimum atomic E-state index is -4.14. The van der Waals surface area contributed by atoms with Crippen molar-refractivity contribution in [2.75, 3.05) is 5.75 Å². The van der Waals surface area contributed by atoms with E-state index >= 15 is 0 Å². The number of alkyl halides is 3. The van der Waals surface area contributed by atoms with Crippen molar-refractivity contribution in [1.82, 2.24) is 0 Å². The highest BCUT2D eigenvalue weighted by Gasteiger charge is 2.27. The fourth-order valence-corrected chi connectivity index (χ4v) is 1.71. The molecule has 0 aromatic heterocycles. The SMILES string of the molecule is CC(C)CC(O)CCCSC(F)(F)F. The van der Waals surface area contributed by atoms with Crippen LogP contribution in [-0.4, -0.2) is 22.5 Å². The largest absolute Gasteiger partial charge is 0.441 e. The van der Waals surface area contributed by atoms with E-state index < -0.39 is 11.6 Å². The molecule has 0 amide bonds. The monoisotopic (exact) mass is 230 g/mol. The molecule has 14 heavy (non-hydrogen) atoms. The molecule has 86 valence electrons. The van der Waals surface area contributed by atoms with Crippen LogP contribution in [-0.2, 0) is 0 Å². The summed E-state index contributed by atoms with van der Waals surface area (Å²) in [6.07, 6.45) is 1.08. The van der Waals surface area contributed by atoms with Crippen LogP contribution in [0.4, 0.5) is 13.2 Å². The highest BCUT2D eigenvalue weighted by Crippen LogP contribution is 2.30. The summed E-state index contributed by atoms with van der Waals surface area (Å²) in [5.41, 5.74) is -4.14. The second-order valence-corrected chi connectivity index (χ2v) is 4.88. The molecule has 0 rings (SSSR count). The number of hydrogen-bond acceptors (Lipinski definition) is 2. The summed E-state index contributed by atoms with van der Waals surface area (Å²) in [7, 11) is 0. The zero-order valence-electron chi connectivity index (χ0n) is 8.47. The molecule has 1 nitrogen and oxygen atoms in total. The first kappa shape index (κ1) is 14.1. The summed E-state index contributed by atoms with van der Waals surface area (Å²) in [5.74, 6) is 0.429. The predicted octanol–water partition coefficient (Wildman–Crippen LogP) is 3.43. The maximum absolute atomic E-state index is 11.7. The van der Waals surface area contributed by atoms with E-state index in [0.717, 1.165) is 0 Å². The number of thioether (sulfide) groups is 1. The average molecular weight is 230 g/mol. The molecule has 0 aliphatic heterocycles. The van der Waals surface area contributed by atoms with E-state index in [1.165, 1.54) is 0 Å². The molecule has 1 atom stereocenters. The van der Waals surface area contributed by atoms with Crippen LogP contribution in [0.1, 0.15) is 33.1 Å². The first-order valence-electron chi connectivity index (χ1n) is 4.70. The normalized spacial score (nSPS) is 14.8. The number of aliphatic hydroxyl groups is 1. The van der Waals surface area contributed by atoms with Crippen LogP contribution in [0.3, 0.4) is 0 Å². The van der Waals surface area contributed by atoms with Gasteiger partial charge in [-0.2, -0.15) is 13.2 Å². The summed E-state index contributed by atoms with van der Waals surface area (Å²) in [5, 5.41) is 9.36. The lowest BCUT2D eigenvalue weighted by Gasteiger charge is -2.12. The Kier molecular flexibility index (Phi) is 6.61. The Labute approximate surface area is 87.1 Å². The molecule has 0 fully saturated rings. The molecular formula is C9H17F3OS. The van der Waals surface area contributed by atoms with Crippen molar-refractivity contribution in [1.29, 1.82) is 0 Å². The molecule has 5 heteroatoms. The third kappa shape index (κ3) is 10.2. The highest BCUT2D eigenvalue weighted by molar-refractivity contribution is 8.00. The molecule has 1 N–H and O–H groups in total. The average Bonchev–Trinajstić information content (AvgIpc) is 1.95. The number of hydrogen-bond donors (Lipinski definition) is 1. The second-order valence-electron chi connectivity index (χ2n) is 3.72. The fourth-order valence-electron chi connectivity index (χ4n) is 1.17. The number of aliphatic hydroxyl groups excluding tert-OH is 1. The Morgan fingerprint density at radius 2 is 1.86 bits per heavy atom. The van der Waals surface area contributed by atoms with Gasteiger partial charge in [0.1, 0.15) is 0 Å². The molecule has 0 saturated heterocycles. The Balaban J connectivity index is 3.36. The van der Waals surface area contributed by atoms with E-state index in [-0.39, 0.29) is 17.5 Å². The number of rotatable bonds is 6. The lowest BCUT2D eigenvalue weighted by Crippen LogP contribution is -2.11. The van der Waals surface area contributed by atoms with Gasteiger partial charge in [0.25, 0.3) is 0 Å². The standard InChI is InChI=1S/C9H17F3OS/c1-7(2)6-8(13)4-3-5-14-9(10,11)12/h7-8,13H,3-6H2,1-2H3. The van der Waals surface area contributed by atoms with Crippen LogP contribution in [0.5, 0.6) is 0 Å². The van der Waals surface area contributed by atoms with E-state index in [9.17, 15) is 18.3 Å². The minimum absolute atomic E-state index is 0.0167. The van der Waals surface area contributed by atoms with Gasteiger partial charge in [-0.15, -0.1) is 0 Å². The van der Waals surface area contributed by atoms with Crippen LogP contribution < -0.4 is 0 Å². The maximum Gasteiger partial charge on any atom is 0.441 e. The van der Waals surface area contributed by atoms with Crippen LogP contribution in [0.25, 0.3) is 0 Å². The first-order chi connectivity index (χ1) is 6.31. The van der Waals surface area contributed by atoms with Gasteiger partial charge < -0.3 is 5.11 Å². The Hall–Kier alpha value is 0.100. The van der Waals surface area contributed by atoms with Crippen LogP contribution in [0.15, 0.2) is 0 Å². The smallest absolute Gasteiger partial charge is 0.393 e. The third-order valence-electron chi connectivity index (χ3n) is 1.69. The summed E-state index contributed by atoms with van der Waals surface area (Å²) in [4.78, 5) is 0. The van der Waals surface area contributed by atoms with Crippen molar-refractivity contribution in [2.45, 2.75) is 44.7 Å². The molecule has 0 radical (unpaired) electrons. The zero-order chi connectivity index (χ0) is 11.2. The molecule has 1 unspecified atom stereocenters. The van der Waals surface area contributed by atoms with Crippen LogP contribution in [0, 0.1) is 5.92 Å². The summed E-state index contributed by atoms with van der Waals surface area (Å²) in [6.45, 7) is 3.96. The molecule has 0 bridgehead atoms. The summed E-state index contributed by atoms with van der Waals surface area (Å²) < 4.78 is 35.1. The fraction of sp³-hybridized carbons (Fsp3) is 1.00. The van der Waals surface area contributed by atoms with Crippen molar-refractivity contribution in [2.24, 2.45) is 5.92 Å². The van der Waals surface area contributed by atoms with Gasteiger partial charge in [0, 0.05) is 5.75 Å². The first-order valence-corrected chi connectivity index (χ1v) is 5.68. The molecule has 0 saturated carbocycles. The van der Waals surface area contributed by atoms with Gasteiger partial charge in [0.15, 0.2) is 0 Å². The van der Waals surface area contributed by atoms with Gasteiger partial charge in [-0.25, -0.2) is 0 Å². The Bertz CT molecular complexity index is 147. The van der Waals surface area contributed by atoms with Gasteiger partial charge in [-0.1, -0.05) is 25.6 Å². The number of halogens is 3. The van der Waals surface area contributed by atoms with Crippen molar-refractivity contribution in [3.8, 4) is 0 Å². The molecule has 0 aliphatic rings. The quantitative estimate of drug-likeness (QED) is 0.705. The minimum Gasteiger partial charge on any atom is -0.393 e. The van der Waals surface area contributed by atoms with Crippen molar-refractivity contribution in [3.05, 3.63) is 0 Å². The molecule has 0 aliphatic carbocycles. The maximum atomic E-state index is 11.7. The van der Waals surface area contributed by atoms with E-state index in [1.807, 2.05) is 13.8 Å². The van der Waals surface area contributed by atoms with Crippen LogP contribution in [0.2, 0.25) is 0 Å². The van der Waals surface area contributed by atoms with Gasteiger partial charge in [0.05, 0.1) is 6.10 Å². The van der Waals surface area contributed by atoms with E-state index in [1.54, 1.807) is 0 Å². The summed E-state index contributed by atoms with van der Waals surface area (Å²) in [6, 6.07) is 0. The van der Waals surface area contributed by atoms with Crippen LogP contribution >= 0.6 is 11.8 Å². The van der Waals surface area contributed by atoms with Gasteiger partial charge in [0.2, 0.25) is 0 Å². The summed E-state index contributed by atoms with van der Waals surface area (Å²) >= 11 is -0.0167. The van der Waals surface area contributed by atoms with E-state index in [4.69, 9.17) is 0 Å². The molecule has 0 heterocycles. The Morgan fingerprint density at radius 3 is 2.29 bits per heavy atom. The molecule has 0 aromatic carbocycles. The predicted molar refractivity (Wildman–Crippen MR) is 53.2 cm³/mol. The van der Waals surface area contributed by atoms with Crippen molar-refractivity contribution in [3.63, 3.8) is 0 Å². The lowest BCUT2D eigenvalue weighted by atomic mass is 10.0. The Morgan fingerprint density at radius 1 is 1.29 bits per heavy atom. The molecule has 0 aromatic rings. The van der Waals surface area contributed by atoms with E-state index in [2.05, 4.69) is 0 Å².